The molecule has 2 fully saturated rings. The van der Waals surface area contributed by atoms with E-state index in [1.807, 2.05) is 42.5 Å². The molecule has 3 aliphatic rings. The van der Waals surface area contributed by atoms with Gasteiger partial charge in [0.05, 0.1) is 24.8 Å². The predicted octanol–water partition coefficient (Wildman–Crippen LogP) is 6.67. The fourth-order valence-electron chi connectivity index (χ4n) is 7.49. The lowest BCUT2D eigenvalue weighted by Gasteiger charge is -2.40. The molecule has 3 aromatic carbocycles. The van der Waals surface area contributed by atoms with Gasteiger partial charge in [-0.1, -0.05) is 66.7 Å². The van der Waals surface area contributed by atoms with Crippen LogP contribution >= 0.6 is 0 Å². The molecular formula is C41H46FN7O5. The van der Waals surface area contributed by atoms with Crippen LogP contribution in [0.15, 0.2) is 72.8 Å². The van der Waals surface area contributed by atoms with Gasteiger partial charge in [0.15, 0.2) is 0 Å². The Morgan fingerprint density at radius 3 is 2.46 bits per heavy atom. The minimum Gasteiger partial charge on any atom is -0.461 e. The zero-order valence-electron chi connectivity index (χ0n) is 31.0. The molecule has 2 amide bonds. The van der Waals surface area contributed by atoms with Gasteiger partial charge in [0, 0.05) is 49.2 Å². The molecule has 3 aliphatic heterocycles. The summed E-state index contributed by atoms with van der Waals surface area (Å²) in [5.74, 6) is 0.693. The van der Waals surface area contributed by atoms with Crippen LogP contribution in [0.25, 0.3) is 15.6 Å². The van der Waals surface area contributed by atoms with Crippen molar-refractivity contribution < 1.29 is 28.2 Å². The number of fused-ring (bicyclic) bond motifs is 2. The van der Waals surface area contributed by atoms with E-state index in [0.717, 1.165) is 39.8 Å². The van der Waals surface area contributed by atoms with Gasteiger partial charge in [-0.3, -0.25) is 9.80 Å². The Morgan fingerprint density at radius 1 is 0.889 bits per heavy atom. The smallest absolute Gasteiger partial charge is 0.410 e. The number of ether oxygens (including phenoxy) is 3. The molecule has 4 aromatic rings. The minimum absolute atomic E-state index is 0.00763. The van der Waals surface area contributed by atoms with Crippen molar-refractivity contribution in [2.45, 2.75) is 70.6 Å². The Bertz CT molecular complexity index is 2010. The molecule has 1 unspecified atom stereocenters. The van der Waals surface area contributed by atoms with Crippen molar-refractivity contribution in [3.05, 3.63) is 101 Å². The summed E-state index contributed by atoms with van der Waals surface area (Å²) in [6, 6.07) is 23.2. The van der Waals surface area contributed by atoms with E-state index in [1.165, 1.54) is 4.90 Å². The summed E-state index contributed by atoms with van der Waals surface area (Å²) in [7, 11) is 0. The first-order chi connectivity index (χ1) is 26.1. The molecule has 54 heavy (non-hydrogen) atoms. The van der Waals surface area contributed by atoms with Gasteiger partial charge in [0.2, 0.25) is 6.54 Å². The van der Waals surface area contributed by atoms with E-state index in [1.54, 1.807) is 25.7 Å². The van der Waals surface area contributed by atoms with Gasteiger partial charge in [0.1, 0.15) is 36.8 Å². The lowest BCUT2D eigenvalue weighted by molar-refractivity contribution is 0.0177. The normalized spacial score (nSPS) is 20.0. The zero-order valence-corrected chi connectivity index (χ0v) is 31.0. The first-order valence-corrected chi connectivity index (χ1v) is 18.5. The van der Waals surface area contributed by atoms with Crippen LogP contribution in [0.2, 0.25) is 0 Å². The topological polar surface area (TPSA) is 105 Å². The fraction of sp³-hybridized carbons (Fsp3) is 0.439. The van der Waals surface area contributed by atoms with Gasteiger partial charge >= 0.3 is 18.2 Å². The third-order valence-electron chi connectivity index (χ3n) is 10.1. The van der Waals surface area contributed by atoms with Crippen LogP contribution in [0.4, 0.5) is 25.5 Å². The highest BCUT2D eigenvalue weighted by molar-refractivity contribution is 5.94. The van der Waals surface area contributed by atoms with Crippen molar-refractivity contribution in [2.24, 2.45) is 0 Å². The number of benzene rings is 3. The average Bonchev–Trinajstić information content (AvgIpc) is 3.55. The summed E-state index contributed by atoms with van der Waals surface area (Å²) in [5, 5.41) is 2.30. The number of hydrogen-bond donors (Lipinski definition) is 0. The monoisotopic (exact) mass is 735 g/mol. The Morgan fingerprint density at radius 2 is 1.67 bits per heavy atom. The molecule has 1 aromatic heterocycles. The van der Waals surface area contributed by atoms with Crippen molar-refractivity contribution in [3.63, 3.8) is 0 Å². The number of rotatable bonds is 8. The predicted molar refractivity (Wildman–Crippen MR) is 203 cm³/mol. The number of likely N-dealkylation sites (tertiary alicyclic amines) is 1. The number of nitrogens with zero attached hydrogens (tertiary/aromatic N) is 7. The summed E-state index contributed by atoms with van der Waals surface area (Å²) < 4.78 is 32.2. The quantitative estimate of drug-likeness (QED) is 0.184. The van der Waals surface area contributed by atoms with Gasteiger partial charge in [-0.2, -0.15) is 9.97 Å². The SMILES string of the molecule is [C-]#[N+]CC1CN(c2nc(OC[C@@H]3C[C@@H](F)CN3C(=O)OC(C)(C)C)nc3c2CCN(c2cccc4ccccc24)C3)CCN1C(=O)OCc1ccccc1. The van der Waals surface area contributed by atoms with Crippen molar-refractivity contribution >= 4 is 34.5 Å². The molecule has 0 spiro atoms. The number of amides is 2. The lowest BCUT2D eigenvalue weighted by atomic mass is 10.0. The molecule has 0 N–H and O–H groups in total. The molecule has 2 saturated heterocycles. The molecule has 13 heteroatoms. The van der Waals surface area contributed by atoms with Crippen LogP contribution in [0, 0.1) is 6.57 Å². The minimum atomic E-state index is -1.20. The molecule has 7 rings (SSSR count). The Hall–Kier alpha value is -5.64. The van der Waals surface area contributed by atoms with E-state index in [-0.39, 0.29) is 38.7 Å². The van der Waals surface area contributed by atoms with E-state index in [4.69, 9.17) is 30.8 Å². The second-order valence-electron chi connectivity index (χ2n) is 15.0. The molecule has 282 valence electrons. The van der Waals surface area contributed by atoms with Gasteiger partial charge in [-0.25, -0.2) is 20.6 Å². The van der Waals surface area contributed by atoms with Crippen LogP contribution in [-0.2, 0) is 29.0 Å². The lowest BCUT2D eigenvalue weighted by Crippen LogP contribution is -2.57. The third kappa shape index (κ3) is 8.28. The number of anilines is 2. The van der Waals surface area contributed by atoms with Crippen molar-refractivity contribution in [1.82, 2.24) is 19.8 Å². The number of halogens is 1. The van der Waals surface area contributed by atoms with Gasteiger partial charge in [0.25, 0.3) is 0 Å². The van der Waals surface area contributed by atoms with E-state index < -0.39 is 36.0 Å². The molecular weight excluding hydrogens is 689 g/mol. The summed E-state index contributed by atoms with van der Waals surface area (Å²) in [4.78, 5) is 47.3. The van der Waals surface area contributed by atoms with Crippen LogP contribution in [-0.4, -0.2) is 102 Å². The number of piperazine rings is 1. The highest BCUT2D eigenvalue weighted by Crippen LogP contribution is 2.35. The van der Waals surface area contributed by atoms with Crippen LogP contribution in [0.1, 0.15) is 44.0 Å². The Balaban J connectivity index is 1.15. The van der Waals surface area contributed by atoms with E-state index in [9.17, 15) is 14.0 Å². The highest BCUT2D eigenvalue weighted by atomic mass is 19.1. The summed E-state index contributed by atoms with van der Waals surface area (Å²) in [5.41, 5.74) is 3.06. The first kappa shape index (κ1) is 36.7. The van der Waals surface area contributed by atoms with Gasteiger partial charge < -0.3 is 28.9 Å². The van der Waals surface area contributed by atoms with Crippen molar-refractivity contribution in [2.75, 3.05) is 55.7 Å². The maximum atomic E-state index is 14.7. The fourth-order valence-corrected chi connectivity index (χ4v) is 7.49. The van der Waals surface area contributed by atoms with Crippen LogP contribution in [0.5, 0.6) is 6.01 Å². The molecule has 12 nitrogen and oxygen atoms in total. The van der Waals surface area contributed by atoms with E-state index in [0.29, 0.717) is 38.4 Å². The van der Waals surface area contributed by atoms with E-state index >= 15 is 0 Å². The van der Waals surface area contributed by atoms with Crippen molar-refractivity contribution in [3.8, 4) is 6.01 Å². The van der Waals surface area contributed by atoms with Crippen molar-refractivity contribution in [1.29, 1.82) is 0 Å². The Kier molecular flexibility index (Phi) is 10.7. The number of alkyl halides is 1. The average molecular weight is 736 g/mol. The number of hydrogen-bond acceptors (Lipinski definition) is 9. The largest absolute Gasteiger partial charge is 0.461 e. The molecule has 3 atom stereocenters. The highest BCUT2D eigenvalue weighted by Gasteiger charge is 2.39. The second-order valence-corrected chi connectivity index (χ2v) is 15.0. The molecule has 0 bridgehead atoms. The maximum absolute atomic E-state index is 14.7. The summed E-state index contributed by atoms with van der Waals surface area (Å²) >= 11 is 0. The standard InChI is InChI=1S/C41H46FN7O5/c1-41(2,3)54-40(51)49-23-30(42)21-31(49)27-52-38-44-35-25-46(36-16-10-14-29-13-8-9-15-33(29)36)18-17-34(35)37(45-38)47-19-20-48(32(24-47)22-43-4)39(50)53-26-28-11-6-5-7-12-28/h5-16,30-32H,17-27H2,1-3H3/t30-,31+,32?/m1/s1. The summed E-state index contributed by atoms with van der Waals surface area (Å²) in [6.07, 6.45) is -1.45. The van der Waals surface area contributed by atoms with E-state index in [2.05, 4.69) is 45.0 Å². The number of carbonyl (C=O) groups excluding carboxylic acids is 2. The zero-order chi connectivity index (χ0) is 37.8. The third-order valence-corrected chi connectivity index (χ3v) is 10.1. The number of carbonyl (C=O) groups is 2. The number of aromatic nitrogens is 2. The van der Waals surface area contributed by atoms with Gasteiger partial charge in [-0.15, -0.1) is 0 Å². The van der Waals surface area contributed by atoms with Crippen LogP contribution < -0.4 is 14.5 Å². The van der Waals surface area contributed by atoms with Gasteiger partial charge in [-0.05, 0) is 44.2 Å². The molecule has 0 saturated carbocycles. The molecule has 0 aliphatic carbocycles. The molecule has 0 radical (unpaired) electrons. The maximum Gasteiger partial charge on any atom is 0.410 e. The second kappa shape index (κ2) is 15.8. The first-order valence-electron chi connectivity index (χ1n) is 18.5. The molecule has 4 heterocycles. The Labute approximate surface area is 315 Å². The summed E-state index contributed by atoms with van der Waals surface area (Å²) in [6.45, 7) is 15.6. The van der Waals surface area contributed by atoms with Crippen LogP contribution in [0.3, 0.4) is 0 Å².